The van der Waals surface area contributed by atoms with Crippen molar-refractivity contribution in [2.24, 2.45) is 0 Å². The van der Waals surface area contributed by atoms with Gasteiger partial charge in [-0.25, -0.2) is 9.37 Å². The average Bonchev–Trinajstić information content (AvgIpc) is 3.03. The Hall–Kier alpha value is -2.73. The van der Waals surface area contributed by atoms with Crippen LogP contribution in [0.3, 0.4) is 0 Å². The Labute approximate surface area is 151 Å². The van der Waals surface area contributed by atoms with Crippen molar-refractivity contribution in [3.8, 4) is 0 Å². The molecule has 0 bridgehead atoms. The average molecular weight is 355 g/mol. The Morgan fingerprint density at radius 2 is 1.92 bits per heavy atom. The van der Waals surface area contributed by atoms with Crippen molar-refractivity contribution in [1.29, 1.82) is 0 Å². The summed E-state index contributed by atoms with van der Waals surface area (Å²) in [5.41, 5.74) is 2.37. The maximum Gasteiger partial charge on any atom is 0.241 e. The van der Waals surface area contributed by atoms with Crippen molar-refractivity contribution < 1.29 is 13.6 Å². The quantitative estimate of drug-likeness (QED) is 0.661. The Morgan fingerprint density at radius 1 is 1.19 bits per heavy atom. The summed E-state index contributed by atoms with van der Waals surface area (Å²) in [6.45, 7) is 0.517. The van der Waals surface area contributed by atoms with Gasteiger partial charge in [0.15, 0.2) is 11.5 Å². The molecule has 0 saturated heterocycles. The molecule has 0 fully saturated rings. The minimum atomic E-state index is -0.458. The number of aromatic nitrogens is 1. The van der Waals surface area contributed by atoms with E-state index >= 15 is 0 Å². The van der Waals surface area contributed by atoms with Gasteiger partial charge in [0.1, 0.15) is 17.4 Å². The second-order valence-corrected chi connectivity index (χ2v) is 6.39. The number of benzene rings is 2. The summed E-state index contributed by atoms with van der Waals surface area (Å²) >= 11 is 0. The summed E-state index contributed by atoms with van der Waals surface area (Å²) < 4.78 is 18.8. The van der Waals surface area contributed by atoms with Crippen molar-refractivity contribution in [3.63, 3.8) is 0 Å². The van der Waals surface area contributed by atoms with Gasteiger partial charge in [-0.05, 0) is 50.3 Å². The lowest BCUT2D eigenvalue weighted by molar-refractivity contribution is -0.125. The lowest BCUT2D eigenvalue weighted by atomic mass is 10.1. The summed E-state index contributed by atoms with van der Waals surface area (Å²) in [6, 6.07) is 13.2. The van der Waals surface area contributed by atoms with Crippen LogP contribution in [0.2, 0.25) is 0 Å². The number of oxazole rings is 1. The number of likely N-dealkylation sites (N-methyl/N-ethyl adjacent to an activating group) is 1. The lowest BCUT2D eigenvalue weighted by Crippen LogP contribution is -2.37. The van der Waals surface area contributed by atoms with Gasteiger partial charge in [0.25, 0.3) is 0 Å². The molecule has 1 N–H and O–H groups in total. The van der Waals surface area contributed by atoms with Crippen LogP contribution in [0, 0.1) is 5.82 Å². The highest BCUT2D eigenvalue weighted by atomic mass is 19.1. The third-order valence-electron chi connectivity index (χ3n) is 4.16. The molecule has 136 valence electrons. The first-order valence-corrected chi connectivity index (χ1v) is 8.58. The molecular formula is C20H22FN3O2. The Kier molecular flexibility index (Phi) is 5.63. The standard InChI is InChI=1S/C20H22FN3O2/c1-24(2)19(14-9-11-15(21)12-10-14)20(25)22-13-5-8-18-23-16-6-3-4-7-17(16)26-18/h3-4,6-7,9-12,19H,5,8,13H2,1-2H3,(H,22,25)/t19-/m1/s1. The highest BCUT2D eigenvalue weighted by Crippen LogP contribution is 2.19. The molecule has 0 aliphatic heterocycles. The van der Waals surface area contributed by atoms with Gasteiger partial charge in [-0.3, -0.25) is 9.69 Å². The molecule has 0 radical (unpaired) electrons. The maximum absolute atomic E-state index is 13.1. The largest absolute Gasteiger partial charge is 0.441 e. The summed E-state index contributed by atoms with van der Waals surface area (Å²) in [6.07, 6.45) is 1.38. The van der Waals surface area contributed by atoms with Crippen molar-refractivity contribution in [3.05, 3.63) is 65.8 Å². The van der Waals surface area contributed by atoms with E-state index in [2.05, 4.69) is 10.3 Å². The number of rotatable bonds is 7. The zero-order valence-electron chi connectivity index (χ0n) is 14.9. The van der Waals surface area contributed by atoms with Crippen LogP contribution >= 0.6 is 0 Å². The molecule has 5 nitrogen and oxygen atoms in total. The van der Waals surface area contributed by atoms with Crippen LogP contribution in [-0.4, -0.2) is 36.4 Å². The van der Waals surface area contributed by atoms with Crippen molar-refractivity contribution >= 4 is 17.0 Å². The first kappa shape index (κ1) is 18.1. The normalized spacial score (nSPS) is 12.5. The summed E-state index contributed by atoms with van der Waals surface area (Å²) in [5, 5.41) is 2.94. The number of amides is 1. The van der Waals surface area contributed by atoms with Gasteiger partial charge in [-0.2, -0.15) is 0 Å². The fourth-order valence-electron chi connectivity index (χ4n) is 2.90. The molecule has 1 aromatic heterocycles. The third kappa shape index (κ3) is 4.26. The monoisotopic (exact) mass is 355 g/mol. The van der Waals surface area contributed by atoms with Crippen LogP contribution in [0.1, 0.15) is 23.9 Å². The van der Waals surface area contributed by atoms with Gasteiger partial charge in [0.2, 0.25) is 5.91 Å². The first-order chi connectivity index (χ1) is 12.5. The van der Waals surface area contributed by atoms with Gasteiger partial charge in [-0.15, -0.1) is 0 Å². The van der Waals surface area contributed by atoms with Crippen LogP contribution in [0.25, 0.3) is 11.1 Å². The fraction of sp³-hybridized carbons (Fsp3) is 0.300. The zero-order valence-corrected chi connectivity index (χ0v) is 14.9. The molecule has 0 unspecified atom stereocenters. The van der Waals surface area contributed by atoms with E-state index in [0.29, 0.717) is 18.9 Å². The van der Waals surface area contributed by atoms with E-state index in [0.717, 1.165) is 23.1 Å². The second kappa shape index (κ2) is 8.10. The molecule has 0 saturated carbocycles. The van der Waals surface area contributed by atoms with Crippen LogP contribution in [-0.2, 0) is 11.2 Å². The van der Waals surface area contributed by atoms with Crippen molar-refractivity contribution in [2.45, 2.75) is 18.9 Å². The summed E-state index contributed by atoms with van der Waals surface area (Å²) in [5.74, 6) is 0.243. The topological polar surface area (TPSA) is 58.4 Å². The molecule has 1 atom stereocenters. The minimum absolute atomic E-state index is 0.112. The molecule has 26 heavy (non-hydrogen) atoms. The molecule has 3 rings (SSSR count). The Balaban J connectivity index is 1.54. The van der Waals surface area contributed by atoms with E-state index in [1.807, 2.05) is 43.3 Å². The molecule has 1 heterocycles. The number of carbonyl (C=O) groups is 1. The van der Waals surface area contributed by atoms with Crippen LogP contribution in [0.5, 0.6) is 0 Å². The Morgan fingerprint density at radius 3 is 2.62 bits per heavy atom. The smallest absolute Gasteiger partial charge is 0.241 e. The van der Waals surface area contributed by atoms with E-state index in [9.17, 15) is 9.18 Å². The number of carbonyl (C=O) groups excluding carboxylic acids is 1. The first-order valence-electron chi connectivity index (χ1n) is 8.58. The molecule has 0 aliphatic carbocycles. The Bertz CT molecular complexity index is 841. The number of halogens is 1. The van der Waals surface area contributed by atoms with Crippen molar-refractivity contribution in [1.82, 2.24) is 15.2 Å². The number of para-hydroxylation sites is 2. The molecule has 1 amide bonds. The molecule has 0 spiro atoms. The highest BCUT2D eigenvalue weighted by molar-refractivity contribution is 5.83. The van der Waals surface area contributed by atoms with Crippen LogP contribution in [0.15, 0.2) is 52.9 Å². The molecule has 3 aromatic rings. The van der Waals surface area contributed by atoms with E-state index in [-0.39, 0.29) is 11.7 Å². The van der Waals surface area contributed by atoms with Gasteiger partial charge in [-0.1, -0.05) is 24.3 Å². The number of hydrogen-bond donors (Lipinski definition) is 1. The van der Waals surface area contributed by atoms with E-state index in [4.69, 9.17) is 4.42 Å². The summed E-state index contributed by atoms with van der Waals surface area (Å²) in [4.78, 5) is 18.8. The van der Waals surface area contributed by atoms with Gasteiger partial charge < -0.3 is 9.73 Å². The molecular weight excluding hydrogens is 333 g/mol. The second-order valence-electron chi connectivity index (χ2n) is 6.39. The van der Waals surface area contributed by atoms with Gasteiger partial charge in [0.05, 0.1) is 0 Å². The maximum atomic E-state index is 13.1. The number of hydrogen-bond acceptors (Lipinski definition) is 4. The van der Waals surface area contributed by atoms with Crippen molar-refractivity contribution in [2.75, 3.05) is 20.6 Å². The number of nitrogens with zero attached hydrogens (tertiary/aromatic N) is 2. The van der Waals surface area contributed by atoms with Gasteiger partial charge in [0, 0.05) is 13.0 Å². The van der Waals surface area contributed by atoms with E-state index < -0.39 is 6.04 Å². The molecule has 0 aliphatic rings. The number of fused-ring (bicyclic) bond motifs is 1. The predicted octanol–water partition coefficient (Wildman–Crippen LogP) is 3.32. The van der Waals surface area contributed by atoms with Crippen LogP contribution in [0.4, 0.5) is 4.39 Å². The lowest BCUT2D eigenvalue weighted by Gasteiger charge is -2.23. The minimum Gasteiger partial charge on any atom is -0.441 e. The van der Waals surface area contributed by atoms with E-state index in [1.165, 1.54) is 12.1 Å². The molecule has 2 aromatic carbocycles. The van der Waals surface area contributed by atoms with Gasteiger partial charge >= 0.3 is 0 Å². The number of aryl methyl sites for hydroxylation is 1. The van der Waals surface area contributed by atoms with E-state index in [1.54, 1.807) is 12.1 Å². The SMILES string of the molecule is CN(C)[C@@H](C(=O)NCCCc1nc2ccccc2o1)c1ccc(F)cc1. The highest BCUT2D eigenvalue weighted by Gasteiger charge is 2.22. The summed E-state index contributed by atoms with van der Waals surface area (Å²) in [7, 11) is 3.65. The van der Waals surface area contributed by atoms with Crippen LogP contribution < -0.4 is 5.32 Å². The molecule has 6 heteroatoms. The fourth-order valence-corrected chi connectivity index (χ4v) is 2.90. The zero-order chi connectivity index (χ0) is 18.5. The predicted molar refractivity (Wildman–Crippen MR) is 98.2 cm³/mol. The third-order valence-corrected chi connectivity index (χ3v) is 4.16. The number of nitrogens with one attached hydrogen (secondary N) is 1.